The molecule has 0 unspecified atom stereocenters. The third kappa shape index (κ3) is 7.57. The van der Waals surface area contributed by atoms with Gasteiger partial charge in [-0.15, -0.1) is 0 Å². The fraction of sp³-hybridized carbons (Fsp3) is 0.316. The predicted octanol–water partition coefficient (Wildman–Crippen LogP) is 8.12. The minimum absolute atomic E-state index is 0.0470. The second-order valence-corrected chi connectivity index (χ2v) is 13.8. The molecular formula is C38H34ClF4N7O3. The van der Waals surface area contributed by atoms with Crippen molar-refractivity contribution in [2.75, 3.05) is 25.0 Å². The fourth-order valence-electron chi connectivity index (χ4n) is 6.90. The topological polar surface area (TPSA) is 110 Å². The molecule has 0 spiro atoms. The molecule has 15 heteroatoms. The summed E-state index contributed by atoms with van der Waals surface area (Å²) < 4.78 is 68.3. The monoisotopic (exact) mass is 747 g/mol. The standard InChI is InChI=1S/C38H34ClF4N7O3/c39-25-6-4-24(29(40)17-25)21-53-35-3-1-2-30(46-35)22-10-13-49(14-11-22)20-34-45-32-16-23(5-9-33(32)50(34)19-27-12-15-52-27)37(51)44-26-7-8-31-28(18-26)36(48-47-31)38(41,42)43/h1-9,16-18,22,27H,10-15,19-21H2,(H,44,51)(H,47,48)/t27-/m0/s1. The zero-order valence-electron chi connectivity index (χ0n) is 28.3. The van der Waals surface area contributed by atoms with Crippen LogP contribution < -0.4 is 10.1 Å². The van der Waals surface area contributed by atoms with Crippen LogP contribution in [0.4, 0.5) is 23.2 Å². The first-order chi connectivity index (χ1) is 25.6. The number of ether oxygens (including phenoxy) is 2. The van der Waals surface area contributed by atoms with Gasteiger partial charge in [-0.1, -0.05) is 23.7 Å². The predicted molar refractivity (Wildman–Crippen MR) is 190 cm³/mol. The van der Waals surface area contributed by atoms with E-state index in [1.807, 2.05) is 23.3 Å². The van der Waals surface area contributed by atoms with Crippen LogP contribution in [0.15, 0.2) is 72.8 Å². The maximum absolute atomic E-state index is 14.2. The number of carbonyl (C=O) groups excluding carboxylic acids is 1. The Bertz CT molecular complexity index is 2300. The number of nitrogens with zero attached hydrogens (tertiary/aromatic N) is 5. The number of likely N-dealkylation sites (tertiary alicyclic amines) is 1. The van der Waals surface area contributed by atoms with E-state index >= 15 is 0 Å². The van der Waals surface area contributed by atoms with Gasteiger partial charge in [0.05, 0.1) is 35.7 Å². The van der Waals surface area contributed by atoms with E-state index in [0.29, 0.717) is 40.6 Å². The highest BCUT2D eigenvalue weighted by atomic mass is 35.5. The molecule has 2 N–H and O–H groups in total. The van der Waals surface area contributed by atoms with Crippen molar-refractivity contribution in [2.45, 2.75) is 57.2 Å². The lowest BCUT2D eigenvalue weighted by atomic mass is 9.93. The van der Waals surface area contributed by atoms with Crippen LogP contribution in [0.3, 0.4) is 0 Å². The van der Waals surface area contributed by atoms with Gasteiger partial charge in [-0.3, -0.25) is 14.8 Å². The summed E-state index contributed by atoms with van der Waals surface area (Å²) in [5, 5.41) is 8.68. The van der Waals surface area contributed by atoms with Crippen LogP contribution in [0, 0.1) is 5.82 Å². The Labute approximate surface area is 306 Å². The van der Waals surface area contributed by atoms with Crippen LogP contribution in [0.5, 0.6) is 5.88 Å². The van der Waals surface area contributed by atoms with E-state index in [1.54, 1.807) is 30.3 Å². The number of pyridine rings is 1. The fourth-order valence-corrected chi connectivity index (χ4v) is 7.06. The average molecular weight is 748 g/mol. The van der Waals surface area contributed by atoms with Gasteiger partial charge in [0, 0.05) is 51.5 Å². The van der Waals surface area contributed by atoms with Gasteiger partial charge < -0.3 is 19.4 Å². The molecule has 53 heavy (non-hydrogen) atoms. The molecule has 0 aliphatic carbocycles. The minimum Gasteiger partial charge on any atom is -0.473 e. The molecule has 0 radical (unpaired) electrons. The first-order valence-corrected chi connectivity index (χ1v) is 17.7. The molecule has 10 nitrogen and oxygen atoms in total. The molecule has 2 aliphatic rings. The number of fused-ring (bicyclic) bond motifs is 2. The van der Waals surface area contributed by atoms with Gasteiger partial charge in [0.15, 0.2) is 0 Å². The summed E-state index contributed by atoms with van der Waals surface area (Å²) in [7, 11) is 0. The van der Waals surface area contributed by atoms with Gasteiger partial charge in [-0.25, -0.2) is 14.4 Å². The Morgan fingerprint density at radius 2 is 1.83 bits per heavy atom. The molecule has 0 bridgehead atoms. The molecule has 274 valence electrons. The van der Waals surface area contributed by atoms with Crippen LogP contribution in [-0.2, 0) is 30.6 Å². The highest BCUT2D eigenvalue weighted by molar-refractivity contribution is 6.30. The van der Waals surface area contributed by atoms with E-state index in [2.05, 4.69) is 19.9 Å². The number of nitrogens with one attached hydrogen (secondary N) is 2. The number of anilines is 1. The van der Waals surface area contributed by atoms with Crippen LogP contribution in [0.25, 0.3) is 21.9 Å². The molecule has 6 aromatic rings. The van der Waals surface area contributed by atoms with Crippen LogP contribution in [0.1, 0.15) is 58.3 Å². The Balaban J connectivity index is 0.944. The third-order valence-electron chi connectivity index (χ3n) is 9.87. The summed E-state index contributed by atoms with van der Waals surface area (Å²) in [5.74, 6) is 0.645. The first kappa shape index (κ1) is 35.0. The maximum atomic E-state index is 14.2. The second kappa shape index (κ2) is 14.4. The van der Waals surface area contributed by atoms with Crippen molar-refractivity contribution in [1.29, 1.82) is 0 Å². The van der Waals surface area contributed by atoms with Crippen molar-refractivity contribution in [3.05, 3.63) is 112 Å². The maximum Gasteiger partial charge on any atom is 0.433 e. The Morgan fingerprint density at radius 3 is 2.58 bits per heavy atom. The summed E-state index contributed by atoms with van der Waals surface area (Å²) in [6, 6.07) is 19.6. The van der Waals surface area contributed by atoms with E-state index in [0.717, 1.165) is 56.0 Å². The number of alkyl halides is 3. The van der Waals surface area contributed by atoms with Crippen molar-refractivity contribution >= 4 is 45.1 Å². The lowest BCUT2D eigenvalue weighted by molar-refractivity contribution is -0.139. The molecule has 1 amide bonds. The Morgan fingerprint density at radius 1 is 1.00 bits per heavy atom. The number of benzene rings is 3. The van der Waals surface area contributed by atoms with Gasteiger partial charge in [0.25, 0.3) is 5.91 Å². The number of piperidine rings is 1. The third-order valence-corrected chi connectivity index (χ3v) is 10.1. The summed E-state index contributed by atoms with van der Waals surface area (Å²) in [4.78, 5) is 25.4. The van der Waals surface area contributed by atoms with Crippen molar-refractivity contribution < 1.29 is 31.8 Å². The quantitative estimate of drug-likeness (QED) is 0.136. The summed E-state index contributed by atoms with van der Waals surface area (Å²) in [5.41, 5.74) is 2.58. The number of carbonyl (C=O) groups is 1. The highest BCUT2D eigenvalue weighted by Crippen LogP contribution is 2.34. The number of hydrogen-bond acceptors (Lipinski definition) is 7. The van der Waals surface area contributed by atoms with Gasteiger partial charge in [0.2, 0.25) is 5.88 Å². The number of H-pyrrole nitrogens is 1. The van der Waals surface area contributed by atoms with Crippen molar-refractivity contribution in [3.63, 3.8) is 0 Å². The molecule has 5 heterocycles. The van der Waals surface area contributed by atoms with E-state index in [9.17, 15) is 22.4 Å². The number of hydrogen-bond donors (Lipinski definition) is 2. The van der Waals surface area contributed by atoms with Crippen molar-refractivity contribution in [1.82, 2.24) is 29.6 Å². The summed E-state index contributed by atoms with van der Waals surface area (Å²) in [6.45, 7) is 3.65. The van der Waals surface area contributed by atoms with Gasteiger partial charge in [0.1, 0.15) is 23.9 Å². The Kier molecular flexibility index (Phi) is 9.52. The number of imidazole rings is 1. The van der Waals surface area contributed by atoms with E-state index in [4.69, 9.17) is 31.0 Å². The first-order valence-electron chi connectivity index (χ1n) is 17.3. The van der Waals surface area contributed by atoms with Gasteiger partial charge >= 0.3 is 6.18 Å². The van der Waals surface area contributed by atoms with E-state index in [1.165, 1.54) is 24.3 Å². The molecule has 0 saturated carbocycles. The number of aromatic nitrogens is 5. The van der Waals surface area contributed by atoms with Crippen LogP contribution >= 0.6 is 11.6 Å². The van der Waals surface area contributed by atoms with E-state index < -0.39 is 23.6 Å². The lowest BCUT2D eigenvalue weighted by Crippen LogP contribution is -2.35. The largest absolute Gasteiger partial charge is 0.473 e. The number of rotatable bonds is 10. The molecule has 3 aromatic heterocycles. The zero-order valence-corrected chi connectivity index (χ0v) is 29.1. The highest BCUT2D eigenvalue weighted by Gasteiger charge is 2.35. The van der Waals surface area contributed by atoms with Gasteiger partial charge in [-0.2, -0.15) is 18.3 Å². The smallest absolute Gasteiger partial charge is 0.433 e. The molecule has 3 aromatic carbocycles. The Hall–Kier alpha value is -5.05. The second-order valence-electron chi connectivity index (χ2n) is 13.4. The molecular weight excluding hydrogens is 714 g/mol. The SMILES string of the molecule is O=C(Nc1ccc2n[nH]c(C(F)(F)F)c2c1)c1ccc2c(c1)nc(CN1CCC(c3cccc(OCc4ccc(Cl)cc4F)n3)CC1)n2C[C@@H]1CCO1. The van der Waals surface area contributed by atoms with Crippen LogP contribution in [-0.4, -0.2) is 61.3 Å². The summed E-state index contributed by atoms with van der Waals surface area (Å²) in [6.07, 6.45) is -1.81. The molecule has 2 fully saturated rings. The molecule has 1 atom stereocenters. The van der Waals surface area contributed by atoms with Crippen molar-refractivity contribution in [2.24, 2.45) is 0 Å². The van der Waals surface area contributed by atoms with Crippen molar-refractivity contribution in [3.8, 4) is 5.88 Å². The minimum atomic E-state index is -4.61. The number of amides is 1. The summed E-state index contributed by atoms with van der Waals surface area (Å²) >= 11 is 5.87. The lowest BCUT2D eigenvalue weighted by Gasteiger charge is -2.32. The zero-order chi connectivity index (χ0) is 36.7. The average Bonchev–Trinajstić information content (AvgIpc) is 3.70. The normalized spacial score (nSPS) is 17.0. The van der Waals surface area contributed by atoms with Gasteiger partial charge in [-0.05, 0) is 86.9 Å². The molecule has 2 aliphatic heterocycles. The van der Waals surface area contributed by atoms with Crippen LogP contribution in [0.2, 0.25) is 5.02 Å². The number of aromatic amines is 1. The molecule has 8 rings (SSSR count). The molecule has 2 saturated heterocycles. The van der Waals surface area contributed by atoms with E-state index in [-0.39, 0.29) is 35.2 Å². The number of halogens is 5.